The number of rotatable bonds is 4. The zero-order valence-corrected chi connectivity index (χ0v) is 8.24. The summed E-state index contributed by atoms with van der Waals surface area (Å²) in [5, 5.41) is 8.40. The number of hydrogen-bond donors (Lipinski definition) is 1. The van der Waals surface area contributed by atoms with E-state index in [1.165, 1.54) is 19.3 Å². The molecule has 1 aromatic carbocycles. The van der Waals surface area contributed by atoms with Crippen LogP contribution in [0.25, 0.3) is 6.08 Å². The summed E-state index contributed by atoms with van der Waals surface area (Å²) in [5.74, 6) is -1.56. The molecular weight excluding hydrogens is 199 g/mol. The fourth-order valence-electron chi connectivity index (χ4n) is 1.14. The number of hydrogen-bond acceptors (Lipinski definition) is 2. The molecule has 1 rings (SSSR count). The summed E-state index contributed by atoms with van der Waals surface area (Å²) < 4.78 is 18.1. The van der Waals surface area contributed by atoms with Crippen LogP contribution in [0.15, 0.2) is 24.3 Å². The van der Waals surface area contributed by atoms with Crippen molar-refractivity contribution >= 4 is 12.0 Å². The second kappa shape index (κ2) is 5.26. The van der Waals surface area contributed by atoms with Crippen molar-refractivity contribution in [1.82, 2.24) is 0 Å². The van der Waals surface area contributed by atoms with E-state index in [0.717, 1.165) is 11.6 Å². The Hall–Kier alpha value is -1.68. The van der Waals surface area contributed by atoms with Crippen molar-refractivity contribution in [3.63, 3.8) is 0 Å². The third-order valence-electron chi connectivity index (χ3n) is 1.78. The van der Waals surface area contributed by atoms with Gasteiger partial charge in [-0.1, -0.05) is 6.07 Å². The van der Waals surface area contributed by atoms with Gasteiger partial charge in [-0.2, -0.15) is 0 Å². The van der Waals surface area contributed by atoms with Crippen LogP contribution in [0, 0.1) is 5.82 Å². The fourth-order valence-corrected chi connectivity index (χ4v) is 1.14. The van der Waals surface area contributed by atoms with E-state index in [1.54, 1.807) is 12.1 Å². The minimum absolute atomic E-state index is 0.243. The van der Waals surface area contributed by atoms with Crippen molar-refractivity contribution in [2.45, 2.75) is 6.61 Å². The molecule has 0 saturated heterocycles. The van der Waals surface area contributed by atoms with E-state index >= 15 is 0 Å². The molecule has 0 saturated carbocycles. The highest BCUT2D eigenvalue weighted by Gasteiger charge is 2.01. The van der Waals surface area contributed by atoms with Crippen LogP contribution < -0.4 is 0 Å². The lowest BCUT2D eigenvalue weighted by molar-refractivity contribution is -0.131. The Morgan fingerprint density at radius 3 is 2.93 bits per heavy atom. The van der Waals surface area contributed by atoms with E-state index in [9.17, 15) is 9.18 Å². The van der Waals surface area contributed by atoms with Crippen molar-refractivity contribution in [1.29, 1.82) is 0 Å². The molecule has 0 aromatic heterocycles. The van der Waals surface area contributed by atoms with Gasteiger partial charge >= 0.3 is 5.97 Å². The summed E-state index contributed by atoms with van der Waals surface area (Å²) in [5.41, 5.74) is 1.04. The van der Waals surface area contributed by atoms with Gasteiger partial charge in [0.1, 0.15) is 5.82 Å². The third-order valence-corrected chi connectivity index (χ3v) is 1.78. The second-order valence-electron chi connectivity index (χ2n) is 2.96. The molecule has 0 aliphatic heterocycles. The first kappa shape index (κ1) is 11.4. The first-order chi connectivity index (χ1) is 7.13. The summed E-state index contributed by atoms with van der Waals surface area (Å²) in [6, 6.07) is 4.44. The average molecular weight is 210 g/mol. The molecule has 0 aliphatic carbocycles. The molecule has 0 aliphatic rings. The van der Waals surface area contributed by atoms with Gasteiger partial charge in [0.2, 0.25) is 0 Å². The molecule has 15 heavy (non-hydrogen) atoms. The number of carboxylic acids is 1. The van der Waals surface area contributed by atoms with Crippen LogP contribution in [0.3, 0.4) is 0 Å². The largest absolute Gasteiger partial charge is 0.478 e. The van der Waals surface area contributed by atoms with Gasteiger partial charge in [0.25, 0.3) is 0 Å². The smallest absolute Gasteiger partial charge is 0.328 e. The van der Waals surface area contributed by atoms with Gasteiger partial charge in [-0.05, 0) is 23.8 Å². The van der Waals surface area contributed by atoms with Gasteiger partial charge in [-0.3, -0.25) is 0 Å². The maximum absolute atomic E-state index is 13.2. The van der Waals surface area contributed by atoms with Gasteiger partial charge in [-0.25, -0.2) is 9.18 Å². The minimum Gasteiger partial charge on any atom is -0.478 e. The number of halogens is 1. The molecule has 0 atom stereocenters. The Bertz CT molecular complexity index is 385. The van der Waals surface area contributed by atoms with Gasteiger partial charge in [0, 0.05) is 18.7 Å². The van der Waals surface area contributed by atoms with E-state index < -0.39 is 11.8 Å². The molecule has 3 nitrogen and oxygen atoms in total. The zero-order valence-electron chi connectivity index (χ0n) is 8.24. The lowest BCUT2D eigenvalue weighted by Gasteiger charge is -2.02. The highest BCUT2D eigenvalue weighted by atomic mass is 19.1. The van der Waals surface area contributed by atoms with E-state index in [1.807, 2.05) is 0 Å². The SMILES string of the molecule is COCc1ccc(F)c(/C=C/C(=O)O)c1. The third kappa shape index (κ3) is 3.52. The lowest BCUT2D eigenvalue weighted by atomic mass is 10.1. The highest BCUT2D eigenvalue weighted by Crippen LogP contribution is 2.13. The van der Waals surface area contributed by atoms with E-state index in [-0.39, 0.29) is 5.56 Å². The van der Waals surface area contributed by atoms with E-state index in [2.05, 4.69) is 0 Å². The standard InChI is InChI=1S/C11H11FO3/c1-15-7-8-2-4-10(12)9(6-8)3-5-11(13)14/h2-6H,7H2,1H3,(H,13,14)/b5-3+. The monoisotopic (exact) mass is 210 g/mol. The molecule has 4 heteroatoms. The normalized spacial score (nSPS) is 10.8. The van der Waals surface area contributed by atoms with Crippen molar-refractivity contribution in [3.8, 4) is 0 Å². The van der Waals surface area contributed by atoms with Crippen LogP contribution in [0.4, 0.5) is 4.39 Å². The van der Waals surface area contributed by atoms with E-state index in [4.69, 9.17) is 9.84 Å². The lowest BCUT2D eigenvalue weighted by Crippen LogP contribution is -1.92. The Morgan fingerprint density at radius 1 is 1.60 bits per heavy atom. The molecule has 1 N–H and O–H groups in total. The Balaban J connectivity index is 2.94. The molecule has 0 unspecified atom stereocenters. The Kier molecular flexibility index (Phi) is 4.00. The number of methoxy groups -OCH3 is 1. The summed E-state index contributed by atoms with van der Waals surface area (Å²) >= 11 is 0. The molecule has 0 spiro atoms. The first-order valence-electron chi connectivity index (χ1n) is 4.32. The zero-order chi connectivity index (χ0) is 11.3. The number of carbonyl (C=O) groups is 1. The van der Waals surface area contributed by atoms with Gasteiger partial charge in [0.05, 0.1) is 6.61 Å². The molecule has 0 heterocycles. The van der Waals surface area contributed by atoms with Crippen molar-refractivity contribution in [3.05, 3.63) is 41.2 Å². The van der Waals surface area contributed by atoms with Crippen molar-refractivity contribution in [2.75, 3.05) is 7.11 Å². The van der Waals surface area contributed by atoms with Crippen LogP contribution in [0.1, 0.15) is 11.1 Å². The van der Waals surface area contributed by atoms with Gasteiger partial charge < -0.3 is 9.84 Å². The molecule has 1 aromatic rings. The minimum atomic E-state index is -1.11. The predicted octanol–water partition coefficient (Wildman–Crippen LogP) is 2.07. The summed E-state index contributed by atoms with van der Waals surface area (Å²) in [4.78, 5) is 10.3. The van der Waals surface area contributed by atoms with Crippen molar-refractivity contribution < 1.29 is 19.0 Å². The van der Waals surface area contributed by atoms with E-state index in [0.29, 0.717) is 6.61 Å². The topological polar surface area (TPSA) is 46.5 Å². The molecule has 80 valence electrons. The van der Waals surface area contributed by atoms with Crippen LogP contribution in [0.5, 0.6) is 0 Å². The van der Waals surface area contributed by atoms with Crippen LogP contribution in [-0.4, -0.2) is 18.2 Å². The summed E-state index contributed by atoms with van der Waals surface area (Å²) in [6.45, 7) is 0.369. The molecule has 0 amide bonds. The molecule has 0 fully saturated rings. The molecule has 0 bridgehead atoms. The Morgan fingerprint density at radius 2 is 2.33 bits per heavy atom. The van der Waals surface area contributed by atoms with Gasteiger partial charge in [0.15, 0.2) is 0 Å². The number of carboxylic acid groups (broad SMARTS) is 1. The quantitative estimate of drug-likeness (QED) is 0.774. The summed E-state index contributed by atoms with van der Waals surface area (Å²) in [7, 11) is 1.54. The molecule has 0 radical (unpaired) electrons. The second-order valence-corrected chi connectivity index (χ2v) is 2.96. The van der Waals surface area contributed by atoms with Crippen LogP contribution in [-0.2, 0) is 16.1 Å². The average Bonchev–Trinajstić information content (AvgIpc) is 2.19. The number of aliphatic carboxylic acids is 1. The van der Waals surface area contributed by atoms with Crippen molar-refractivity contribution in [2.24, 2.45) is 0 Å². The maximum Gasteiger partial charge on any atom is 0.328 e. The van der Waals surface area contributed by atoms with Crippen LogP contribution >= 0.6 is 0 Å². The predicted molar refractivity (Wildman–Crippen MR) is 53.8 cm³/mol. The molecular formula is C11H11FO3. The fraction of sp³-hybridized carbons (Fsp3) is 0.182. The number of ether oxygens (including phenoxy) is 1. The first-order valence-corrected chi connectivity index (χ1v) is 4.32. The Labute approximate surface area is 86.8 Å². The number of benzene rings is 1. The van der Waals surface area contributed by atoms with Gasteiger partial charge in [-0.15, -0.1) is 0 Å². The highest BCUT2D eigenvalue weighted by molar-refractivity contribution is 5.85. The van der Waals surface area contributed by atoms with Crippen LogP contribution in [0.2, 0.25) is 0 Å². The summed E-state index contributed by atoms with van der Waals surface area (Å²) in [6.07, 6.45) is 2.12. The maximum atomic E-state index is 13.2.